The summed E-state index contributed by atoms with van der Waals surface area (Å²) in [5, 5.41) is 0.928. The summed E-state index contributed by atoms with van der Waals surface area (Å²) >= 11 is 3.44. The maximum absolute atomic E-state index is 12.6. The Morgan fingerprint density at radius 3 is 2.17 bits per heavy atom. The van der Waals surface area contributed by atoms with E-state index in [0.717, 1.165) is 37.6 Å². The number of rotatable bonds is 11. The molecule has 1 heterocycles. The molecule has 2 atom stereocenters. The Balaban J connectivity index is 2.37. The summed E-state index contributed by atoms with van der Waals surface area (Å²) in [4.78, 5) is 2.15. The summed E-state index contributed by atoms with van der Waals surface area (Å²) in [6, 6.07) is 0.503. The Morgan fingerprint density at radius 1 is 1.22 bits per heavy atom. The standard InChI is InChI=1S/C12H25BrNO3P/c1-3-5-7-16-18(15,17-8-6-4-2)11-14-10-12(14)9-13/h12H,3-11H2,1-2H3. The number of unbranched alkanes of at least 4 members (excludes halogenated alkanes) is 2. The van der Waals surface area contributed by atoms with Crippen LogP contribution in [-0.4, -0.2) is 42.3 Å². The minimum absolute atomic E-state index is 0.441. The lowest BCUT2D eigenvalue weighted by Crippen LogP contribution is -2.11. The van der Waals surface area contributed by atoms with Gasteiger partial charge in [-0.2, -0.15) is 0 Å². The van der Waals surface area contributed by atoms with Crippen molar-refractivity contribution in [1.29, 1.82) is 0 Å². The maximum atomic E-state index is 12.6. The number of halogens is 1. The van der Waals surface area contributed by atoms with Gasteiger partial charge >= 0.3 is 7.60 Å². The van der Waals surface area contributed by atoms with Gasteiger partial charge in [-0.3, -0.25) is 9.46 Å². The fourth-order valence-electron chi connectivity index (χ4n) is 1.58. The second-order valence-corrected chi connectivity index (χ2v) is 7.37. The predicted octanol–water partition coefficient (Wildman–Crippen LogP) is 3.85. The van der Waals surface area contributed by atoms with E-state index >= 15 is 0 Å². The van der Waals surface area contributed by atoms with Gasteiger partial charge in [0.1, 0.15) is 6.29 Å². The van der Waals surface area contributed by atoms with Crippen LogP contribution in [0.25, 0.3) is 0 Å². The van der Waals surface area contributed by atoms with Gasteiger partial charge in [0.05, 0.1) is 13.2 Å². The molecule has 0 spiro atoms. The van der Waals surface area contributed by atoms with Gasteiger partial charge in [-0.1, -0.05) is 42.6 Å². The van der Waals surface area contributed by atoms with E-state index in [-0.39, 0.29) is 0 Å². The third kappa shape index (κ3) is 6.16. The first kappa shape index (κ1) is 16.6. The van der Waals surface area contributed by atoms with Gasteiger partial charge in [0, 0.05) is 17.9 Å². The third-order valence-electron chi connectivity index (χ3n) is 2.93. The summed E-state index contributed by atoms with van der Waals surface area (Å²) in [5.74, 6) is 0. The van der Waals surface area contributed by atoms with Crippen LogP contribution in [0.4, 0.5) is 0 Å². The zero-order chi connectivity index (χ0) is 13.4. The van der Waals surface area contributed by atoms with Gasteiger partial charge in [0.25, 0.3) is 0 Å². The van der Waals surface area contributed by atoms with Crippen molar-refractivity contribution in [2.45, 2.75) is 45.6 Å². The lowest BCUT2D eigenvalue weighted by atomic mass is 10.4. The Hall–Kier alpha value is 0.590. The fourth-order valence-corrected chi connectivity index (χ4v) is 4.04. The lowest BCUT2D eigenvalue weighted by molar-refractivity contribution is 0.193. The van der Waals surface area contributed by atoms with Gasteiger partial charge in [0.15, 0.2) is 0 Å². The van der Waals surface area contributed by atoms with E-state index in [1.807, 2.05) is 0 Å². The molecule has 1 fully saturated rings. The van der Waals surface area contributed by atoms with Crippen LogP contribution in [0, 0.1) is 0 Å². The highest BCUT2D eigenvalue weighted by Crippen LogP contribution is 2.51. The van der Waals surface area contributed by atoms with Crippen LogP contribution < -0.4 is 0 Å². The lowest BCUT2D eigenvalue weighted by Gasteiger charge is -2.19. The Kier molecular flexibility index (Phi) is 8.04. The fraction of sp³-hybridized carbons (Fsp3) is 1.00. The molecular weight excluding hydrogens is 317 g/mol. The van der Waals surface area contributed by atoms with E-state index in [1.165, 1.54) is 0 Å². The first-order chi connectivity index (χ1) is 8.65. The smallest absolute Gasteiger partial charge is 0.308 e. The van der Waals surface area contributed by atoms with Crippen LogP contribution in [0.5, 0.6) is 0 Å². The van der Waals surface area contributed by atoms with Crippen LogP contribution in [-0.2, 0) is 13.6 Å². The van der Waals surface area contributed by atoms with E-state index in [2.05, 4.69) is 34.7 Å². The molecule has 18 heavy (non-hydrogen) atoms. The molecule has 0 radical (unpaired) electrons. The number of hydrogen-bond donors (Lipinski definition) is 0. The summed E-state index contributed by atoms with van der Waals surface area (Å²) in [5.41, 5.74) is 0. The Labute approximate surface area is 119 Å². The van der Waals surface area contributed by atoms with Crippen molar-refractivity contribution in [2.75, 3.05) is 31.4 Å². The van der Waals surface area contributed by atoms with Crippen molar-refractivity contribution < 1.29 is 13.6 Å². The van der Waals surface area contributed by atoms with Crippen LogP contribution in [0.1, 0.15) is 39.5 Å². The van der Waals surface area contributed by atoms with Crippen LogP contribution in [0.2, 0.25) is 0 Å². The normalized spacial score (nSPS) is 23.3. The Morgan fingerprint density at radius 2 is 1.78 bits per heavy atom. The van der Waals surface area contributed by atoms with Crippen LogP contribution in [0.3, 0.4) is 0 Å². The quantitative estimate of drug-likeness (QED) is 0.247. The summed E-state index contributed by atoms with van der Waals surface area (Å²) in [6.45, 7) is 6.25. The van der Waals surface area contributed by atoms with Crippen molar-refractivity contribution >= 4 is 23.5 Å². The highest BCUT2D eigenvalue weighted by Gasteiger charge is 2.39. The first-order valence-electron chi connectivity index (χ1n) is 6.83. The third-order valence-corrected chi connectivity index (χ3v) is 5.54. The van der Waals surface area contributed by atoms with E-state index < -0.39 is 7.60 Å². The van der Waals surface area contributed by atoms with Gasteiger partial charge in [-0.15, -0.1) is 0 Å². The van der Waals surface area contributed by atoms with Gasteiger partial charge in [0.2, 0.25) is 0 Å². The predicted molar refractivity (Wildman–Crippen MR) is 78.5 cm³/mol. The molecule has 0 saturated carbocycles. The highest BCUT2D eigenvalue weighted by molar-refractivity contribution is 9.09. The molecule has 0 aromatic carbocycles. The molecule has 0 aromatic rings. The molecule has 108 valence electrons. The van der Waals surface area contributed by atoms with Crippen molar-refractivity contribution in [3.05, 3.63) is 0 Å². The van der Waals surface area contributed by atoms with Crippen molar-refractivity contribution in [1.82, 2.24) is 4.90 Å². The SMILES string of the molecule is CCCCOP(=O)(CN1CC1CBr)OCCCC. The van der Waals surface area contributed by atoms with Crippen molar-refractivity contribution in [3.63, 3.8) is 0 Å². The van der Waals surface area contributed by atoms with Crippen molar-refractivity contribution in [3.8, 4) is 0 Å². The molecule has 1 aliphatic rings. The second kappa shape index (κ2) is 8.70. The topological polar surface area (TPSA) is 38.5 Å². The summed E-state index contributed by atoms with van der Waals surface area (Å²) in [7, 11) is -2.92. The molecule has 1 aliphatic heterocycles. The maximum Gasteiger partial charge on any atom is 0.344 e. The monoisotopic (exact) mass is 341 g/mol. The zero-order valence-electron chi connectivity index (χ0n) is 11.4. The molecule has 2 unspecified atom stereocenters. The summed E-state index contributed by atoms with van der Waals surface area (Å²) < 4.78 is 23.6. The van der Waals surface area contributed by atoms with E-state index in [0.29, 0.717) is 25.5 Å². The van der Waals surface area contributed by atoms with Gasteiger partial charge in [-0.05, 0) is 12.8 Å². The summed E-state index contributed by atoms with van der Waals surface area (Å²) in [6.07, 6.45) is 4.40. The van der Waals surface area contributed by atoms with E-state index in [4.69, 9.17) is 9.05 Å². The molecule has 4 nitrogen and oxygen atoms in total. The first-order valence-corrected chi connectivity index (χ1v) is 9.68. The van der Waals surface area contributed by atoms with E-state index in [1.54, 1.807) is 0 Å². The average Bonchev–Trinajstić information content (AvgIpc) is 3.08. The molecule has 0 bridgehead atoms. The van der Waals surface area contributed by atoms with Crippen molar-refractivity contribution in [2.24, 2.45) is 0 Å². The Bertz CT molecular complexity index is 264. The van der Waals surface area contributed by atoms with Crippen LogP contribution >= 0.6 is 23.5 Å². The number of alkyl halides is 1. The van der Waals surface area contributed by atoms with E-state index in [9.17, 15) is 4.57 Å². The molecule has 1 saturated heterocycles. The number of hydrogen-bond acceptors (Lipinski definition) is 4. The minimum Gasteiger partial charge on any atom is -0.308 e. The largest absolute Gasteiger partial charge is 0.344 e. The highest BCUT2D eigenvalue weighted by atomic mass is 79.9. The molecule has 0 amide bonds. The minimum atomic E-state index is -2.92. The molecule has 1 rings (SSSR count). The molecule has 0 aliphatic carbocycles. The second-order valence-electron chi connectivity index (χ2n) is 4.71. The number of nitrogens with zero attached hydrogens (tertiary/aromatic N) is 1. The molecular formula is C12H25BrNO3P. The van der Waals surface area contributed by atoms with Gasteiger partial charge < -0.3 is 9.05 Å². The van der Waals surface area contributed by atoms with Crippen LogP contribution in [0.15, 0.2) is 0 Å². The molecule has 0 N–H and O–H groups in total. The van der Waals surface area contributed by atoms with Gasteiger partial charge in [-0.25, -0.2) is 0 Å². The molecule has 6 heteroatoms. The molecule has 0 aromatic heterocycles. The zero-order valence-corrected chi connectivity index (χ0v) is 13.9. The average molecular weight is 342 g/mol.